The SMILES string of the molecule is CCc1cc2ncc(CN3CCN(c4ccc5nc(-c6ccccc6)cn5c4)CC3)cc2[nH]c1=O. The number of aromatic amines is 1. The van der Waals surface area contributed by atoms with Gasteiger partial charge in [-0.1, -0.05) is 37.3 Å². The van der Waals surface area contributed by atoms with Gasteiger partial charge in [0.15, 0.2) is 0 Å². The van der Waals surface area contributed by atoms with Crippen molar-refractivity contribution >= 4 is 22.4 Å². The van der Waals surface area contributed by atoms with Crippen molar-refractivity contribution in [2.75, 3.05) is 31.1 Å². The van der Waals surface area contributed by atoms with Crippen LogP contribution in [0, 0.1) is 0 Å². The van der Waals surface area contributed by atoms with Crippen molar-refractivity contribution in [2.45, 2.75) is 19.9 Å². The van der Waals surface area contributed by atoms with Gasteiger partial charge >= 0.3 is 0 Å². The lowest BCUT2D eigenvalue weighted by Gasteiger charge is -2.36. The van der Waals surface area contributed by atoms with Crippen molar-refractivity contribution in [2.24, 2.45) is 0 Å². The van der Waals surface area contributed by atoms with Crippen LogP contribution in [0.3, 0.4) is 0 Å². The van der Waals surface area contributed by atoms with Gasteiger partial charge in [0.2, 0.25) is 0 Å². The highest BCUT2D eigenvalue weighted by molar-refractivity contribution is 5.74. The van der Waals surface area contributed by atoms with Crippen LogP contribution in [0.1, 0.15) is 18.1 Å². The highest BCUT2D eigenvalue weighted by atomic mass is 16.1. The molecule has 7 heteroatoms. The number of rotatable bonds is 5. The zero-order chi connectivity index (χ0) is 23.8. The Morgan fingerprint density at radius 3 is 2.60 bits per heavy atom. The summed E-state index contributed by atoms with van der Waals surface area (Å²) in [6.45, 7) is 6.68. The number of aromatic nitrogens is 4. The van der Waals surface area contributed by atoms with Crippen molar-refractivity contribution in [1.82, 2.24) is 24.3 Å². The minimum absolute atomic E-state index is 0.0154. The van der Waals surface area contributed by atoms with Gasteiger partial charge in [0.1, 0.15) is 5.65 Å². The van der Waals surface area contributed by atoms with Gasteiger partial charge in [-0.25, -0.2) is 4.98 Å². The van der Waals surface area contributed by atoms with Crippen LogP contribution in [-0.2, 0) is 13.0 Å². The predicted molar refractivity (Wildman–Crippen MR) is 140 cm³/mol. The Balaban J connectivity index is 1.13. The summed E-state index contributed by atoms with van der Waals surface area (Å²) in [6.07, 6.45) is 6.92. The van der Waals surface area contributed by atoms with Gasteiger partial charge in [-0.15, -0.1) is 0 Å². The number of aryl methyl sites for hydroxylation is 1. The van der Waals surface area contributed by atoms with Crippen LogP contribution in [0.5, 0.6) is 0 Å². The number of fused-ring (bicyclic) bond motifs is 2. The lowest BCUT2D eigenvalue weighted by molar-refractivity contribution is 0.249. The molecule has 35 heavy (non-hydrogen) atoms. The maximum Gasteiger partial charge on any atom is 0.251 e. The van der Waals surface area contributed by atoms with Crippen molar-refractivity contribution < 1.29 is 0 Å². The van der Waals surface area contributed by atoms with Crippen LogP contribution < -0.4 is 10.5 Å². The van der Waals surface area contributed by atoms with Crippen LogP contribution in [0.15, 0.2) is 78.0 Å². The molecule has 1 fully saturated rings. The van der Waals surface area contributed by atoms with E-state index in [0.29, 0.717) is 6.42 Å². The first kappa shape index (κ1) is 21.6. The first-order valence-corrected chi connectivity index (χ1v) is 12.2. The molecule has 5 aromatic rings. The molecule has 0 atom stereocenters. The predicted octanol–water partition coefficient (Wildman–Crippen LogP) is 4.12. The van der Waals surface area contributed by atoms with E-state index >= 15 is 0 Å². The Kier molecular flexibility index (Phi) is 5.54. The summed E-state index contributed by atoms with van der Waals surface area (Å²) in [5.74, 6) is 0. The third-order valence-electron chi connectivity index (χ3n) is 6.86. The van der Waals surface area contributed by atoms with E-state index in [4.69, 9.17) is 4.98 Å². The monoisotopic (exact) mass is 464 g/mol. The molecule has 0 spiro atoms. The fourth-order valence-electron chi connectivity index (χ4n) is 4.85. The van der Waals surface area contributed by atoms with Crippen LogP contribution in [0.2, 0.25) is 0 Å². The lowest BCUT2D eigenvalue weighted by Crippen LogP contribution is -2.46. The summed E-state index contributed by atoms with van der Waals surface area (Å²) in [7, 11) is 0. The largest absolute Gasteiger partial charge is 0.368 e. The van der Waals surface area contributed by atoms with E-state index in [2.05, 4.69) is 66.9 Å². The molecule has 0 bridgehead atoms. The molecule has 176 valence electrons. The third kappa shape index (κ3) is 4.31. The zero-order valence-electron chi connectivity index (χ0n) is 19.8. The molecule has 0 aliphatic carbocycles. The first-order valence-electron chi connectivity index (χ1n) is 12.2. The van der Waals surface area contributed by atoms with Crippen LogP contribution >= 0.6 is 0 Å². The molecule has 0 saturated carbocycles. The number of imidazole rings is 1. The molecule has 1 aliphatic rings. The van der Waals surface area contributed by atoms with Gasteiger partial charge in [-0.3, -0.25) is 14.7 Å². The molecular formula is C28H28N6O. The van der Waals surface area contributed by atoms with Gasteiger partial charge < -0.3 is 14.3 Å². The zero-order valence-corrected chi connectivity index (χ0v) is 19.8. The summed E-state index contributed by atoms with van der Waals surface area (Å²) in [4.78, 5) is 29.4. The van der Waals surface area contributed by atoms with E-state index in [1.807, 2.05) is 37.4 Å². The summed E-state index contributed by atoms with van der Waals surface area (Å²) < 4.78 is 2.12. The number of nitrogens with one attached hydrogen (secondary N) is 1. The number of hydrogen-bond acceptors (Lipinski definition) is 5. The first-order chi connectivity index (χ1) is 17.2. The second-order valence-electron chi connectivity index (χ2n) is 9.16. The second kappa shape index (κ2) is 9.00. The molecule has 7 nitrogen and oxygen atoms in total. The average Bonchev–Trinajstić information content (AvgIpc) is 3.33. The number of piperazine rings is 1. The lowest BCUT2D eigenvalue weighted by atomic mass is 10.1. The second-order valence-corrected chi connectivity index (χ2v) is 9.16. The maximum atomic E-state index is 12.2. The molecular weight excluding hydrogens is 436 g/mol. The summed E-state index contributed by atoms with van der Waals surface area (Å²) in [5, 5.41) is 0. The molecule has 0 amide bonds. The Hall–Kier alpha value is -3.97. The number of pyridine rings is 3. The molecule has 5 heterocycles. The van der Waals surface area contributed by atoms with Gasteiger partial charge in [-0.05, 0) is 36.2 Å². The van der Waals surface area contributed by atoms with Crippen molar-refractivity contribution in [3.63, 3.8) is 0 Å². The van der Waals surface area contributed by atoms with E-state index in [1.165, 1.54) is 5.69 Å². The van der Waals surface area contributed by atoms with Crippen LogP contribution in [-0.4, -0.2) is 50.4 Å². The van der Waals surface area contributed by atoms with Crippen molar-refractivity contribution in [3.8, 4) is 11.3 Å². The minimum atomic E-state index is -0.0154. The van der Waals surface area contributed by atoms with Crippen molar-refractivity contribution in [3.05, 3.63) is 94.7 Å². The smallest absolute Gasteiger partial charge is 0.251 e. The standard InChI is InChI=1S/C28H28N6O/c1-2-21-15-24-25(31-28(21)35)14-20(16-29-24)17-32-10-12-33(13-11-32)23-8-9-27-30-26(19-34(27)18-23)22-6-4-3-5-7-22/h3-9,14-16,18-19H,2,10-13,17H2,1H3,(H,31,35). The van der Waals surface area contributed by atoms with Gasteiger partial charge in [0.25, 0.3) is 5.56 Å². The fraction of sp³-hybridized carbons (Fsp3) is 0.250. The normalized spacial score (nSPS) is 14.7. The number of nitrogens with zero attached hydrogens (tertiary/aromatic N) is 5. The quantitative estimate of drug-likeness (QED) is 0.424. The summed E-state index contributed by atoms with van der Waals surface area (Å²) >= 11 is 0. The highest BCUT2D eigenvalue weighted by Gasteiger charge is 2.18. The Labute approximate surface area is 203 Å². The van der Waals surface area contributed by atoms with E-state index in [1.54, 1.807) is 0 Å². The van der Waals surface area contributed by atoms with Crippen LogP contribution in [0.25, 0.3) is 27.9 Å². The molecule has 1 saturated heterocycles. The van der Waals surface area contributed by atoms with Crippen LogP contribution in [0.4, 0.5) is 5.69 Å². The highest BCUT2D eigenvalue weighted by Crippen LogP contribution is 2.23. The van der Waals surface area contributed by atoms with E-state index < -0.39 is 0 Å². The Morgan fingerprint density at radius 2 is 1.80 bits per heavy atom. The van der Waals surface area contributed by atoms with E-state index in [0.717, 1.165) is 71.8 Å². The molecule has 0 unspecified atom stereocenters. The van der Waals surface area contributed by atoms with Gasteiger partial charge in [0, 0.05) is 62.4 Å². The molecule has 4 aromatic heterocycles. The molecule has 1 N–H and O–H groups in total. The molecule has 6 rings (SSSR count). The van der Waals surface area contributed by atoms with E-state index in [-0.39, 0.29) is 5.56 Å². The molecule has 0 radical (unpaired) electrons. The fourth-order valence-corrected chi connectivity index (χ4v) is 4.85. The molecule has 1 aromatic carbocycles. The Morgan fingerprint density at radius 1 is 0.971 bits per heavy atom. The van der Waals surface area contributed by atoms with Crippen molar-refractivity contribution in [1.29, 1.82) is 0 Å². The number of anilines is 1. The summed E-state index contributed by atoms with van der Waals surface area (Å²) in [5.41, 5.74) is 7.84. The maximum absolute atomic E-state index is 12.2. The topological polar surface area (TPSA) is 69.5 Å². The third-order valence-corrected chi connectivity index (χ3v) is 6.86. The minimum Gasteiger partial charge on any atom is -0.368 e. The average molecular weight is 465 g/mol. The number of hydrogen-bond donors (Lipinski definition) is 1. The molecule has 1 aliphatic heterocycles. The van der Waals surface area contributed by atoms with E-state index in [9.17, 15) is 4.79 Å². The number of H-pyrrole nitrogens is 1. The summed E-state index contributed by atoms with van der Waals surface area (Å²) in [6, 6.07) is 18.5. The number of benzene rings is 1. The van der Waals surface area contributed by atoms with Gasteiger partial charge in [-0.2, -0.15) is 0 Å². The van der Waals surface area contributed by atoms with Gasteiger partial charge in [0.05, 0.1) is 22.4 Å². The Bertz CT molecular complexity index is 1550.